The number of nitrogens with one attached hydrogen (secondary N) is 2. The van der Waals surface area contributed by atoms with Gasteiger partial charge < -0.3 is 10.6 Å². The molecule has 8 heteroatoms. The minimum Gasteiger partial charge on any atom is -0.372 e. The van der Waals surface area contributed by atoms with E-state index in [-0.39, 0.29) is 21.7 Å². The number of pyridine rings is 1. The third kappa shape index (κ3) is 2.91. The zero-order chi connectivity index (χ0) is 14.9. The summed E-state index contributed by atoms with van der Waals surface area (Å²) in [4.78, 5) is 3.98. The number of hydrogen-bond acceptors (Lipinski definition) is 3. The Balaban J connectivity index is 2.45. The molecule has 0 amide bonds. The maximum Gasteiger partial charge on any atom is 0.152 e. The van der Waals surface area contributed by atoms with Crippen molar-refractivity contribution in [3.05, 3.63) is 45.7 Å². The molecule has 20 heavy (non-hydrogen) atoms. The van der Waals surface area contributed by atoms with Crippen LogP contribution in [-0.2, 0) is 0 Å². The molecule has 3 nitrogen and oxygen atoms in total. The highest BCUT2D eigenvalue weighted by atomic mass is 35.5. The average molecular weight is 322 g/mol. The zero-order valence-corrected chi connectivity index (χ0v) is 11.6. The molecule has 0 radical (unpaired) electrons. The van der Waals surface area contributed by atoms with E-state index >= 15 is 0 Å². The average Bonchev–Trinajstić information content (AvgIpc) is 2.35. The molecular weight excluding hydrogens is 314 g/mol. The summed E-state index contributed by atoms with van der Waals surface area (Å²) >= 11 is 11.7. The second-order valence-electron chi connectivity index (χ2n) is 3.77. The summed E-state index contributed by atoms with van der Waals surface area (Å²) in [5, 5.41) is 5.40. The van der Waals surface area contributed by atoms with Crippen LogP contribution < -0.4 is 10.6 Å². The van der Waals surface area contributed by atoms with Gasteiger partial charge in [0.05, 0.1) is 10.0 Å². The fraction of sp³-hybridized carbons (Fsp3) is 0.0833. The minimum absolute atomic E-state index is 0.00942. The van der Waals surface area contributed by atoms with Crippen molar-refractivity contribution in [3.63, 3.8) is 0 Å². The minimum atomic E-state index is -1.10. The smallest absolute Gasteiger partial charge is 0.152 e. The van der Waals surface area contributed by atoms with Gasteiger partial charge in [0.2, 0.25) is 0 Å². The van der Waals surface area contributed by atoms with Crippen molar-refractivity contribution in [1.82, 2.24) is 4.98 Å². The lowest BCUT2D eigenvalue weighted by atomic mass is 10.2. The highest BCUT2D eigenvalue weighted by molar-refractivity contribution is 6.37. The van der Waals surface area contributed by atoms with Gasteiger partial charge in [-0.2, -0.15) is 0 Å². The monoisotopic (exact) mass is 321 g/mol. The third-order valence-corrected chi connectivity index (χ3v) is 2.99. The van der Waals surface area contributed by atoms with Crippen LogP contribution in [0.5, 0.6) is 0 Å². The van der Waals surface area contributed by atoms with Gasteiger partial charge >= 0.3 is 0 Å². The van der Waals surface area contributed by atoms with Crippen LogP contribution in [0.4, 0.5) is 30.5 Å². The fourth-order valence-electron chi connectivity index (χ4n) is 1.51. The predicted octanol–water partition coefficient (Wildman–Crippen LogP) is 4.59. The lowest BCUT2D eigenvalue weighted by molar-refractivity contribution is 0.549. The lowest BCUT2D eigenvalue weighted by Gasteiger charge is -2.12. The number of rotatable bonds is 3. The Morgan fingerprint density at radius 1 is 0.950 bits per heavy atom. The summed E-state index contributed by atoms with van der Waals surface area (Å²) < 4.78 is 39.9. The SMILES string of the molecule is CNc1nc(Nc2c(F)cc(F)cc2F)c(Cl)cc1Cl. The molecule has 2 aromatic rings. The molecule has 1 aromatic carbocycles. The summed E-state index contributed by atoms with van der Waals surface area (Å²) in [6, 6.07) is 2.46. The van der Waals surface area contributed by atoms with E-state index in [2.05, 4.69) is 15.6 Å². The van der Waals surface area contributed by atoms with Gasteiger partial charge in [-0.25, -0.2) is 18.2 Å². The number of anilines is 3. The number of aromatic nitrogens is 1. The van der Waals surface area contributed by atoms with E-state index in [0.29, 0.717) is 12.1 Å². The van der Waals surface area contributed by atoms with Crippen LogP contribution in [0.15, 0.2) is 18.2 Å². The maximum atomic E-state index is 13.5. The Morgan fingerprint density at radius 3 is 2.05 bits per heavy atom. The normalized spacial score (nSPS) is 10.5. The molecule has 0 spiro atoms. The number of halogens is 5. The van der Waals surface area contributed by atoms with Gasteiger partial charge in [0.15, 0.2) is 17.5 Å². The Kier molecular flexibility index (Phi) is 4.25. The van der Waals surface area contributed by atoms with Crippen LogP contribution in [0.25, 0.3) is 0 Å². The highest BCUT2D eigenvalue weighted by Gasteiger charge is 2.15. The molecule has 1 aromatic heterocycles. The maximum absolute atomic E-state index is 13.5. The Labute approximate surface area is 122 Å². The summed E-state index contributed by atoms with van der Waals surface area (Å²) in [6.07, 6.45) is 0. The molecule has 106 valence electrons. The first kappa shape index (κ1) is 14.7. The van der Waals surface area contributed by atoms with Gasteiger partial charge in [0.1, 0.15) is 17.3 Å². The van der Waals surface area contributed by atoms with E-state index in [4.69, 9.17) is 23.2 Å². The van der Waals surface area contributed by atoms with Crippen molar-refractivity contribution >= 4 is 40.5 Å². The molecule has 0 saturated carbocycles. The van der Waals surface area contributed by atoms with Gasteiger partial charge in [-0.3, -0.25) is 0 Å². The first-order valence-corrected chi connectivity index (χ1v) is 6.13. The van der Waals surface area contributed by atoms with Gasteiger partial charge in [-0.05, 0) is 6.07 Å². The number of benzene rings is 1. The standard InChI is InChI=1S/C12H8Cl2F3N3/c1-18-11-6(13)4-7(14)12(20-11)19-10-8(16)2-5(15)3-9(10)17/h2-4H,1H3,(H2,18,19,20). The van der Waals surface area contributed by atoms with Crippen molar-refractivity contribution in [2.75, 3.05) is 17.7 Å². The Hall–Kier alpha value is -1.66. The Morgan fingerprint density at radius 2 is 1.50 bits per heavy atom. The van der Waals surface area contributed by atoms with Crippen LogP contribution in [-0.4, -0.2) is 12.0 Å². The third-order valence-electron chi connectivity index (χ3n) is 2.42. The van der Waals surface area contributed by atoms with Crippen LogP contribution in [0.1, 0.15) is 0 Å². The Bertz CT molecular complexity index is 642. The van der Waals surface area contributed by atoms with E-state index in [1.807, 2.05) is 0 Å². The summed E-state index contributed by atoms with van der Waals surface area (Å²) in [5.41, 5.74) is -0.551. The molecular formula is C12H8Cl2F3N3. The lowest BCUT2D eigenvalue weighted by Crippen LogP contribution is -2.03. The summed E-state index contributed by atoms with van der Waals surface area (Å²) in [5.74, 6) is -2.94. The van der Waals surface area contributed by atoms with Gasteiger partial charge in [-0.15, -0.1) is 0 Å². The van der Waals surface area contributed by atoms with E-state index < -0.39 is 23.1 Å². The molecule has 0 aliphatic carbocycles. The van der Waals surface area contributed by atoms with E-state index in [1.165, 1.54) is 6.07 Å². The van der Waals surface area contributed by atoms with E-state index in [0.717, 1.165) is 0 Å². The second kappa shape index (κ2) is 5.76. The first-order valence-electron chi connectivity index (χ1n) is 5.37. The predicted molar refractivity (Wildman–Crippen MR) is 73.4 cm³/mol. The van der Waals surface area contributed by atoms with Crippen molar-refractivity contribution in [1.29, 1.82) is 0 Å². The highest BCUT2D eigenvalue weighted by Crippen LogP contribution is 2.32. The summed E-state index contributed by atoms with van der Waals surface area (Å²) in [6.45, 7) is 0. The van der Waals surface area contributed by atoms with Crippen molar-refractivity contribution < 1.29 is 13.2 Å². The van der Waals surface area contributed by atoms with Gasteiger partial charge in [0.25, 0.3) is 0 Å². The number of nitrogens with zero attached hydrogens (tertiary/aromatic N) is 1. The van der Waals surface area contributed by atoms with Crippen molar-refractivity contribution in [2.24, 2.45) is 0 Å². The van der Waals surface area contributed by atoms with Crippen LogP contribution >= 0.6 is 23.2 Å². The molecule has 0 fully saturated rings. The quantitative estimate of drug-likeness (QED) is 0.868. The van der Waals surface area contributed by atoms with Gasteiger partial charge in [0, 0.05) is 19.2 Å². The van der Waals surface area contributed by atoms with Crippen LogP contribution in [0, 0.1) is 17.5 Å². The molecule has 0 atom stereocenters. The number of hydrogen-bond donors (Lipinski definition) is 2. The first-order chi connectivity index (χ1) is 9.42. The fourth-order valence-corrected chi connectivity index (χ4v) is 2.01. The van der Waals surface area contributed by atoms with Crippen LogP contribution in [0.2, 0.25) is 10.0 Å². The van der Waals surface area contributed by atoms with Crippen LogP contribution in [0.3, 0.4) is 0 Å². The molecule has 2 rings (SSSR count). The molecule has 0 saturated heterocycles. The largest absolute Gasteiger partial charge is 0.372 e. The van der Waals surface area contributed by atoms with Gasteiger partial charge in [-0.1, -0.05) is 23.2 Å². The molecule has 0 unspecified atom stereocenters. The van der Waals surface area contributed by atoms with E-state index in [1.54, 1.807) is 7.05 Å². The topological polar surface area (TPSA) is 37.0 Å². The molecule has 2 N–H and O–H groups in total. The van der Waals surface area contributed by atoms with E-state index in [9.17, 15) is 13.2 Å². The van der Waals surface area contributed by atoms with Crippen molar-refractivity contribution in [2.45, 2.75) is 0 Å². The molecule has 1 heterocycles. The molecule has 0 aliphatic heterocycles. The zero-order valence-electron chi connectivity index (χ0n) is 10.1. The molecule has 0 bridgehead atoms. The summed E-state index contributed by atoms with van der Waals surface area (Å²) in [7, 11) is 1.57. The van der Waals surface area contributed by atoms with Crippen molar-refractivity contribution in [3.8, 4) is 0 Å². The molecule has 0 aliphatic rings. The second-order valence-corrected chi connectivity index (χ2v) is 4.58.